The summed E-state index contributed by atoms with van der Waals surface area (Å²) < 4.78 is 8.92. The second kappa shape index (κ2) is 5.36. The molecule has 2 heterocycles. The molecule has 2 rings (SSSR count). The fourth-order valence-corrected chi connectivity index (χ4v) is 1.42. The predicted octanol–water partition coefficient (Wildman–Crippen LogP) is -0.241. The van der Waals surface area contributed by atoms with Crippen LogP contribution >= 0.6 is 0 Å². The van der Waals surface area contributed by atoms with E-state index in [4.69, 9.17) is 4.74 Å². The average molecular weight is 222 g/mol. The van der Waals surface area contributed by atoms with Crippen LogP contribution in [0.25, 0.3) is 0 Å². The quantitative estimate of drug-likeness (QED) is 0.674. The molecule has 2 aromatic heterocycles. The standard InChI is InChI=1S/C9H14N6O/c1-16-5-4-15-8-12-13-9(15)2-3-14-6-10-11-7-14/h6-8H,2-5H2,1H3. The Kier molecular flexibility index (Phi) is 3.60. The first kappa shape index (κ1) is 10.7. The van der Waals surface area contributed by atoms with Crippen molar-refractivity contribution < 1.29 is 4.74 Å². The van der Waals surface area contributed by atoms with Crippen LogP contribution in [0.1, 0.15) is 5.82 Å². The summed E-state index contributed by atoms with van der Waals surface area (Å²) in [6, 6.07) is 0. The number of aromatic nitrogens is 6. The Labute approximate surface area is 93.1 Å². The molecular weight excluding hydrogens is 208 g/mol. The van der Waals surface area contributed by atoms with Crippen LogP contribution in [0.15, 0.2) is 19.0 Å². The molecule has 0 bridgehead atoms. The van der Waals surface area contributed by atoms with Crippen LogP contribution in [0, 0.1) is 0 Å². The minimum absolute atomic E-state index is 0.664. The van der Waals surface area contributed by atoms with Crippen molar-refractivity contribution >= 4 is 0 Å². The van der Waals surface area contributed by atoms with Crippen molar-refractivity contribution in [3.05, 3.63) is 24.8 Å². The minimum Gasteiger partial charge on any atom is -0.383 e. The maximum Gasteiger partial charge on any atom is 0.134 e. The van der Waals surface area contributed by atoms with Gasteiger partial charge in [0.25, 0.3) is 0 Å². The second-order valence-electron chi connectivity index (χ2n) is 3.38. The van der Waals surface area contributed by atoms with Gasteiger partial charge in [-0.15, -0.1) is 20.4 Å². The molecule has 0 saturated heterocycles. The summed E-state index contributed by atoms with van der Waals surface area (Å²) in [5, 5.41) is 15.5. The highest BCUT2D eigenvalue weighted by molar-refractivity contribution is 4.86. The molecule has 7 heteroatoms. The summed E-state index contributed by atoms with van der Waals surface area (Å²) in [5.41, 5.74) is 0. The van der Waals surface area contributed by atoms with E-state index in [1.54, 1.807) is 26.1 Å². The molecule has 86 valence electrons. The van der Waals surface area contributed by atoms with Crippen LogP contribution in [-0.2, 0) is 24.2 Å². The number of aryl methyl sites for hydroxylation is 2. The smallest absolute Gasteiger partial charge is 0.134 e. The number of ether oxygens (including phenoxy) is 1. The van der Waals surface area contributed by atoms with Gasteiger partial charge in [-0.1, -0.05) is 0 Å². The normalized spacial score (nSPS) is 10.8. The Morgan fingerprint density at radius 2 is 1.94 bits per heavy atom. The molecule has 0 aliphatic heterocycles. The fourth-order valence-electron chi connectivity index (χ4n) is 1.42. The number of methoxy groups -OCH3 is 1. The molecule has 0 aromatic carbocycles. The average Bonchev–Trinajstić information content (AvgIpc) is 2.94. The Morgan fingerprint density at radius 3 is 2.69 bits per heavy atom. The molecular formula is C9H14N6O. The first-order valence-electron chi connectivity index (χ1n) is 5.08. The van der Waals surface area contributed by atoms with Gasteiger partial charge < -0.3 is 13.9 Å². The van der Waals surface area contributed by atoms with Gasteiger partial charge in [0.05, 0.1) is 6.61 Å². The van der Waals surface area contributed by atoms with Crippen molar-refractivity contribution in [2.75, 3.05) is 13.7 Å². The van der Waals surface area contributed by atoms with Gasteiger partial charge in [-0.2, -0.15) is 0 Å². The summed E-state index contributed by atoms with van der Waals surface area (Å²) in [6.07, 6.45) is 5.91. The lowest BCUT2D eigenvalue weighted by atomic mass is 10.4. The third kappa shape index (κ3) is 2.63. The summed E-state index contributed by atoms with van der Waals surface area (Å²) >= 11 is 0. The lowest BCUT2D eigenvalue weighted by molar-refractivity contribution is 0.186. The van der Waals surface area contributed by atoms with E-state index in [2.05, 4.69) is 20.4 Å². The molecule has 0 amide bonds. The zero-order chi connectivity index (χ0) is 11.2. The third-order valence-corrected chi connectivity index (χ3v) is 2.29. The highest BCUT2D eigenvalue weighted by Crippen LogP contribution is 1.98. The maximum absolute atomic E-state index is 5.02. The number of nitrogens with zero attached hydrogens (tertiary/aromatic N) is 6. The summed E-state index contributed by atoms with van der Waals surface area (Å²) in [6.45, 7) is 2.25. The van der Waals surface area contributed by atoms with E-state index in [1.807, 2.05) is 9.13 Å². The fraction of sp³-hybridized carbons (Fsp3) is 0.556. The number of rotatable bonds is 6. The minimum atomic E-state index is 0.664. The highest BCUT2D eigenvalue weighted by atomic mass is 16.5. The zero-order valence-electron chi connectivity index (χ0n) is 9.15. The molecule has 0 fully saturated rings. The second-order valence-corrected chi connectivity index (χ2v) is 3.38. The highest BCUT2D eigenvalue weighted by Gasteiger charge is 2.03. The predicted molar refractivity (Wildman–Crippen MR) is 55.6 cm³/mol. The molecule has 0 unspecified atom stereocenters. The van der Waals surface area contributed by atoms with E-state index < -0.39 is 0 Å². The van der Waals surface area contributed by atoms with Crippen molar-refractivity contribution in [1.29, 1.82) is 0 Å². The molecule has 0 atom stereocenters. The third-order valence-electron chi connectivity index (χ3n) is 2.29. The molecule has 0 N–H and O–H groups in total. The van der Waals surface area contributed by atoms with Gasteiger partial charge in [0.15, 0.2) is 0 Å². The molecule has 0 spiro atoms. The van der Waals surface area contributed by atoms with E-state index in [0.717, 1.165) is 25.3 Å². The Balaban J connectivity index is 1.91. The number of hydrogen-bond donors (Lipinski definition) is 0. The first-order chi connectivity index (χ1) is 7.90. The van der Waals surface area contributed by atoms with E-state index in [-0.39, 0.29) is 0 Å². The molecule has 16 heavy (non-hydrogen) atoms. The molecule has 7 nitrogen and oxygen atoms in total. The molecule has 2 aromatic rings. The van der Waals surface area contributed by atoms with Crippen molar-refractivity contribution in [2.45, 2.75) is 19.5 Å². The van der Waals surface area contributed by atoms with Gasteiger partial charge in [0, 0.05) is 26.6 Å². The summed E-state index contributed by atoms with van der Waals surface area (Å²) in [4.78, 5) is 0. The van der Waals surface area contributed by atoms with E-state index in [1.165, 1.54) is 0 Å². The van der Waals surface area contributed by atoms with Crippen LogP contribution < -0.4 is 0 Å². The van der Waals surface area contributed by atoms with Crippen molar-refractivity contribution in [2.24, 2.45) is 0 Å². The van der Waals surface area contributed by atoms with Crippen LogP contribution in [-0.4, -0.2) is 43.2 Å². The summed E-state index contributed by atoms with van der Waals surface area (Å²) in [7, 11) is 1.68. The largest absolute Gasteiger partial charge is 0.383 e. The zero-order valence-corrected chi connectivity index (χ0v) is 9.15. The van der Waals surface area contributed by atoms with Crippen molar-refractivity contribution in [3.63, 3.8) is 0 Å². The van der Waals surface area contributed by atoms with Gasteiger partial charge in [0.1, 0.15) is 24.8 Å². The van der Waals surface area contributed by atoms with Crippen molar-refractivity contribution in [3.8, 4) is 0 Å². The van der Waals surface area contributed by atoms with Crippen molar-refractivity contribution in [1.82, 2.24) is 29.5 Å². The molecule has 0 radical (unpaired) electrons. The Bertz CT molecular complexity index is 409. The van der Waals surface area contributed by atoms with Gasteiger partial charge >= 0.3 is 0 Å². The maximum atomic E-state index is 5.02. The topological polar surface area (TPSA) is 70.7 Å². The monoisotopic (exact) mass is 222 g/mol. The van der Waals surface area contributed by atoms with Gasteiger partial charge in [-0.05, 0) is 0 Å². The Morgan fingerprint density at radius 1 is 1.12 bits per heavy atom. The van der Waals surface area contributed by atoms with E-state index in [0.29, 0.717) is 6.61 Å². The number of hydrogen-bond acceptors (Lipinski definition) is 5. The Hall–Kier alpha value is -1.76. The van der Waals surface area contributed by atoms with E-state index in [9.17, 15) is 0 Å². The van der Waals surface area contributed by atoms with Crippen LogP contribution in [0.4, 0.5) is 0 Å². The van der Waals surface area contributed by atoms with E-state index >= 15 is 0 Å². The van der Waals surface area contributed by atoms with Crippen LogP contribution in [0.5, 0.6) is 0 Å². The van der Waals surface area contributed by atoms with Gasteiger partial charge in [0.2, 0.25) is 0 Å². The molecule has 0 aliphatic carbocycles. The molecule has 0 aliphatic rings. The first-order valence-corrected chi connectivity index (χ1v) is 5.08. The van der Waals surface area contributed by atoms with Crippen LogP contribution in [0.2, 0.25) is 0 Å². The lowest BCUT2D eigenvalue weighted by Crippen LogP contribution is -2.10. The van der Waals surface area contributed by atoms with Crippen LogP contribution in [0.3, 0.4) is 0 Å². The lowest BCUT2D eigenvalue weighted by Gasteiger charge is -2.05. The molecule has 0 saturated carbocycles. The van der Waals surface area contributed by atoms with Gasteiger partial charge in [-0.25, -0.2) is 0 Å². The van der Waals surface area contributed by atoms with Gasteiger partial charge in [-0.3, -0.25) is 0 Å². The SMILES string of the molecule is COCCn1cnnc1CCn1cnnc1. The summed E-state index contributed by atoms with van der Waals surface area (Å²) in [5.74, 6) is 0.950.